The molecule has 0 aliphatic rings. The lowest BCUT2D eigenvalue weighted by Gasteiger charge is -2.18. The van der Waals surface area contributed by atoms with Crippen LogP contribution in [0.15, 0.2) is 83.4 Å². The molecule has 1 amide bonds. The van der Waals surface area contributed by atoms with Gasteiger partial charge >= 0.3 is 0 Å². The van der Waals surface area contributed by atoms with E-state index in [4.69, 9.17) is 4.42 Å². The first-order chi connectivity index (χ1) is 15.1. The zero-order chi connectivity index (χ0) is 21.4. The molecule has 2 N–H and O–H groups in total. The molecule has 31 heavy (non-hydrogen) atoms. The smallest absolute Gasteiger partial charge is 0.287 e. The molecule has 5 aromatic rings. The lowest BCUT2D eigenvalue weighted by atomic mass is 9.91. The zero-order valence-corrected chi connectivity index (χ0v) is 17.6. The molecule has 154 valence electrons. The van der Waals surface area contributed by atoms with E-state index in [9.17, 15) is 4.79 Å². The van der Waals surface area contributed by atoms with Crippen LogP contribution in [0.4, 0.5) is 0 Å². The highest BCUT2D eigenvalue weighted by Gasteiger charge is 2.22. The Bertz CT molecular complexity index is 1380. The van der Waals surface area contributed by atoms with Crippen molar-refractivity contribution in [3.8, 4) is 0 Å². The van der Waals surface area contributed by atoms with E-state index in [-0.39, 0.29) is 11.8 Å². The molecule has 4 heteroatoms. The molecule has 2 aromatic heterocycles. The van der Waals surface area contributed by atoms with Crippen molar-refractivity contribution >= 4 is 27.8 Å². The van der Waals surface area contributed by atoms with Crippen molar-refractivity contribution in [3.63, 3.8) is 0 Å². The number of hydrogen-bond donors (Lipinski definition) is 2. The quantitative estimate of drug-likeness (QED) is 0.369. The Balaban J connectivity index is 1.47. The van der Waals surface area contributed by atoms with Crippen LogP contribution >= 0.6 is 0 Å². The minimum absolute atomic E-state index is 0.0215. The SMILES string of the molecule is Cc1ccc2c(C)c(C(=O)NCC(c3ccccc3)c3c[nH]c4ccccc34)oc2c1. The van der Waals surface area contributed by atoms with Gasteiger partial charge in [0.05, 0.1) is 0 Å². The number of amides is 1. The Hall–Kier alpha value is -3.79. The second-order valence-corrected chi connectivity index (χ2v) is 8.02. The van der Waals surface area contributed by atoms with Crippen LogP contribution in [-0.4, -0.2) is 17.4 Å². The van der Waals surface area contributed by atoms with Crippen LogP contribution in [0.2, 0.25) is 0 Å². The Labute approximate surface area is 180 Å². The van der Waals surface area contributed by atoms with Gasteiger partial charge < -0.3 is 14.7 Å². The minimum atomic E-state index is -0.188. The van der Waals surface area contributed by atoms with Crippen molar-refractivity contribution in [1.82, 2.24) is 10.3 Å². The van der Waals surface area contributed by atoms with E-state index in [1.54, 1.807) is 0 Å². The third kappa shape index (κ3) is 3.50. The van der Waals surface area contributed by atoms with E-state index in [2.05, 4.69) is 34.6 Å². The number of furan rings is 1. The van der Waals surface area contributed by atoms with Gasteiger partial charge in [-0.3, -0.25) is 4.79 Å². The minimum Gasteiger partial charge on any atom is -0.451 e. The van der Waals surface area contributed by atoms with E-state index in [0.717, 1.165) is 33.2 Å². The van der Waals surface area contributed by atoms with E-state index >= 15 is 0 Å². The average Bonchev–Trinajstić information content (AvgIpc) is 3.36. The molecule has 0 bridgehead atoms. The fraction of sp³-hybridized carbons (Fsp3) is 0.148. The zero-order valence-electron chi connectivity index (χ0n) is 17.6. The lowest BCUT2D eigenvalue weighted by Crippen LogP contribution is -2.29. The molecule has 4 nitrogen and oxygen atoms in total. The molecule has 0 radical (unpaired) electrons. The summed E-state index contributed by atoms with van der Waals surface area (Å²) in [5.41, 5.74) is 6.14. The third-order valence-corrected chi connectivity index (χ3v) is 5.97. The summed E-state index contributed by atoms with van der Waals surface area (Å²) in [6, 6.07) is 24.6. The fourth-order valence-corrected chi connectivity index (χ4v) is 4.30. The van der Waals surface area contributed by atoms with Crippen molar-refractivity contribution in [2.24, 2.45) is 0 Å². The van der Waals surface area contributed by atoms with Crippen molar-refractivity contribution in [2.45, 2.75) is 19.8 Å². The molecule has 0 saturated heterocycles. The van der Waals surface area contributed by atoms with Gasteiger partial charge in [0.25, 0.3) is 5.91 Å². The summed E-state index contributed by atoms with van der Waals surface area (Å²) in [4.78, 5) is 16.4. The second kappa shape index (κ2) is 7.80. The Morgan fingerprint density at radius 3 is 2.58 bits per heavy atom. The Morgan fingerprint density at radius 1 is 0.968 bits per heavy atom. The molecule has 0 saturated carbocycles. The monoisotopic (exact) mass is 408 g/mol. The third-order valence-electron chi connectivity index (χ3n) is 5.97. The highest BCUT2D eigenvalue weighted by Crippen LogP contribution is 2.31. The maximum absolute atomic E-state index is 13.1. The molecule has 0 aliphatic carbocycles. The maximum atomic E-state index is 13.1. The van der Waals surface area contributed by atoms with E-state index < -0.39 is 0 Å². The molecule has 3 aromatic carbocycles. The summed E-state index contributed by atoms with van der Waals surface area (Å²) in [7, 11) is 0. The van der Waals surface area contributed by atoms with Gasteiger partial charge in [-0.25, -0.2) is 0 Å². The summed E-state index contributed by atoms with van der Waals surface area (Å²) < 4.78 is 5.92. The van der Waals surface area contributed by atoms with Gasteiger partial charge in [-0.1, -0.05) is 60.7 Å². The topological polar surface area (TPSA) is 58.0 Å². The molecule has 5 rings (SSSR count). The number of aromatic nitrogens is 1. The molecule has 1 atom stereocenters. The molecular formula is C27H24N2O2. The van der Waals surface area contributed by atoms with E-state index in [1.165, 1.54) is 10.9 Å². The molecule has 1 unspecified atom stereocenters. The summed E-state index contributed by atoms with van der Waals surface area (Å²) in [6.07, 6.45) is 2.05. The number of nitrogens with one attached hydrogen (secondary N) is 2. The number of aromatic amines is 1. The molecule has 2 heterocycles. The number of H-pyrrole nitrogens is 1. The second-order valence-electron chi connectivity index (χ2n) is 8.02. The number of hydrogen-bond acceptors (Lipinski definition) is 2. The highest BCUT2D eigenvalue weighted by atomic mass is 16.3. The van der Waals surface area contributed by atoms with Crippen LogP contribution in [0.25, 0.3) is 21.9 Å². The van der Waals surface area contributed by atoms with Gasteiger partial charge in [0.1, 0.15) is 5.58 Å². The standard InChI is InChI=1S/C27H24N2O2/c1-17-12-13-20-18(2)26(31-25(20)14-17)27(30)29-15-22(19-8-4-3-5-9-19)23-16-28-24-11-7-6-10-21(23)24/h3-14,16,22,28H,15H2,1-2H3,(H,29,30). The van der Waals surface area contributed by atoms with Crippen LogP contribution in [0, 0.1) is 13.8 Å². The van der Waals surface area contributed by atoms with Crippen LogP contribution in [0.1, 0.15) is 38.7 Å². The highest BCUT2D eigenvalue weighted by molar-refractivity contribution is 5.99. The van der Waals surface area contributed by atoms with E-state index in [1.807, 2.05) is 68.6 Å². The van der Waals surface area contributed by atoms with Crippen LogP contribution in [0.5, 0.6) is 0 Å². The molecule has 0 fully saturated rings. The number of para-hydroxylation sites is 1. The van der Waals surface area contributed by atoms with Crippen molar-refractivity contribution in [3.05, 3.63) is 107 Å². The summed E-state index contributed by atoms with van der Waals surface area (Å²) >= 11 is 0. The molecule has 0 spiro atoms. The number of rotatable bonds is 5. The van der Waals surface area contributed by atoms with Crippen LogP contribution in [-0.2, 0) is 0 Å². The van der Waals surface area contributed by atoms with Crippen LogP contribution < -0.4 is 5.32 Å². The summed E-state index contributed by atoms with van der Waals surface area (Å²) in [5, 5.41) is 5.27. The first-order valence-corrected chi connectivity index (χ1v) is 10.5. The number of aryl methyl sites for hydroxylation is 2. The number of carbonyl (C=O) groups is 1. The predicted molar refractivity (Wildman–Crippen MR) is 125 cm³/mol. The van der Waals surface area contributed by atoms with Gasteiger partial charge in [-0.15, -0.1) is 0 Å². The summed E-state index contributed by atoms with van der Waals surface area (Å²) in [6.45, 7) is 4.42. The largest absolute Gasteiger partial charge is 0.451 e. The lowest BCUT2D eigenvalue weighted by molar-refractivity contribution is 0.0926. The Kier molecular flexibility index (Phi) is 4.83. The first kappa shape index (κ1) is 19.2. The van der Waals surface area contributed by atoms with Crippen molar-refractivity contribution in [1.29, 1.82) is 0 Å². The van der Waals surface area contributed by atoms with Gasteiger partial charge in [-0.05, 0) is 42.7 Å². The van der Waals surface area contributed by atoms with Gasteiger partial charge in [0.2, 0.25) is 0 Å². The van der Waals surface area contributed by atoms with Crippen molar-refractivity contribution in [2.75, 3.05) is 6.54 Å². The van der Waals surface area contributed by atoms with Gasteiger partial charge in [0, 0.05) is 40.5 Å². The number of fused-ring (bicyclic) bond motifs is 2. The first-order valence-electron chi connectivity index (χ1n) is 10.5. The maximum Gasteiger partial charge on any atom is 0.287 e. The number of benzene rings is 3. The van der Waals surface area contributed by atoms with Gasteiger partial charge in [0.15, 0.2) is 5.76 Å². The van der Waals surface area contributed by atoms with Gasteiger partial charge in [-0.2, -0.15) is 0 Å². The van der Waals surface area contributed by atoms with Crippen molar-refractivity contribution < 1.29 is 9.21 Å². The molecule has 0 aliphatic heterocycles. The fourth-order valence-electron chi connectivity index (χ4n) is 4.30. The normalized spacial score (nSPS) is 12.3. The Morgan fingerprint density at radius 2 is 1.74 bits per heavy atom. The van der Waals surface area contributed by atoms with Crippen LogP contribution in [0.3, 0.4) is 0 Å². The predicted octanol–water partition coefficient (Wildman–Crippen LogP) is 6.09. The molecular weight excluding hydrogens is 384 g/mol. The average molecular weight is 409 g/mol. The summed E-state index contributed by atoms with van der Waals surface area (Å²) in [5.74, 6) is 0.215. The number of carbonyl (C=O) groups excluding carboxylic acids is 1. The van der Waals surface area contributed by atoms with E-state index in [0.29, 0.717) is 12.3 Å².